The average molecular weight is 451 g/mol. The van der Waals surface area contributed by atoms with Gasteiger partial charge in [-0.25, -0.2) is 0 Å². The minimum atomic E-state index is -0.417. The fourth-order valence-corrected chi connectivity index (χ4v) is 5.17. The van der Waals surface area contributed by atoms with Crippen LogP contribution in [0.3, 0.4) is 0 Å². The average Bonchev–Trinajstić information content (AvgIpc) is 2.81. The summed E-state index contributed by atoms with van der Waals surface area (Å²) in [5.41, 5.74) is 1.17. The van der Waals surface area contributed by atoms with Gasteiger partial charge in [0.1, 0.15) is 0 Å². The second-order valence-electron chi connectivity index (χ2n) is 9.87. The number of fused-ring (bicyclic) bond motifs is 1. The molecule has 0 spiro atoms. The van der Waals surface area contributed by atoms with E-state index in [4.69, 9.17) is 0 Å². The summed E-state index contributed by atoms with van der Waals surface area (Å²) >= 11 is 0. The zero-order chi connectivity index (χ0) is 23.2. The fraction of sp³-hybridized carbons (Fsp3) is 0.556. The van der Waals surface area contributed by atoms with E-state index < -0.39 is 6.04 Å². The summed E-state index contributed by atoms with van der Waals surface area (Å²) in [6.07, 6.45) is 3.65. The summed E-state index contributed by atoms with van der Waals surface area (Å²) < 4.78 is 0. The third-order valence-electron chi connectivity index (χ3n) is 7.27. The first-order chi connectivity index (χ1) is 16.0. The van der Waals surface area contributed by atoms with Crippen LogP contribution in [-0.2, 0) is 16.1 Å². The van der Waals surface area contributed by atoms with Crippen molar-refractivity contribution in [2.24, 2.45) is 5.92 Å². The molecule has 2 saturated heterocycles. The highest BCUT2D eigenvalue weighted by atomic mass is 16.2. The standard InChI is InChI=1S/C27H38N4O2/c1-20(2)30-14-10-21(11-15-30)9-12-28-26(32)18-25-27(33)29-13-16-31(25)19-22-7-8-23-5-3-4-6-24(23)17-22/h3-8,17,20-21,25H,9-16,18-19H2,1-2H3,(H,28,32)(H,29,33)/t25-/m1/s1. The third-order valence-corrected chi connectivity index (χ3v) is 7.27. The lowest BCUT2D eigenvalue weighted by Gasteiger charge is -2.35. The molecule has 2 fully saturated rings. The number of rotatable bonds is 8. The second-order valence-corrected chi connectivity index (χ2v) is 9.87. The number of likely N-dealkylation sites (tertiary alicyclic amines) is 1. The van der Waals surface area contributed by atoms with Crippen LogP contribution in [0.1, 0.15) is 45.1 Å². The molecule has 0 unspecified atom stereocenters. The highest BCUT2D eigenvalue weighted by Gasteiger charge is 2.31. The van der Waals surface area contributed by atoms with Crippen molar-refractivity contribution in [3.63, 3.8) is 0 Å². The molecule has 33 heavy (non-hydrogen) atoms. The number of carbonyl (C=O) groups is 2. The maximum Gasteiger partial charge on any atom is 0.237 e. The number of hydrogen-bond acceptors (Lipinski definition) is 4. The number of hydrogen-bond donors (Lipinski definition) is 2. The Morgan fingerprint density at radius 2 is 1.85 bits per heavy atom. The van der Waals surface area contributed by atoms with E-state index in [1.54, 1.807) is 0 Å². The molecule has 0 saturated carbocycles. The predicted molar refractivity (Wildman–Crippen MR) is 133 cm³/mol. The summed E-state index contributed by atoms with van der Waals surface area (Å²) in [5.74, 6) is 0.612. The van der Waals surface area contributed by atoms with Crippen molar-refractivity contribution in [1.82, 2.24) is 20.4 Å². The summed E-state index contributed by atoms with van der Waals surface area (Å²) in [6, 6.07) is 14.9. The number of piperazine rings is 1. The van der Waals surface area contributed by atoms with Gasteiger partial charge in [0.25, 0.3) is 0 Å². The Labute approximate surface area is 197 Å². The molecule has 2 heterocycles. The van der Waals surface area contributed by atoms with Gasteiger partial charge in [-0.05, 0) is 74.5 Å². The van der Waals surface area contributed by atoms with Gasteiger partial charge in [0.15, 0.2) is 0 Å². The van der Waals surface area contributed by atoms with E-state index in [0.29, 0.717) is 31.6 Å². The van der Waals surface area contributed by atoms with Gasteiger partial charge in [0.2, 0.25) is 11.8 Å². The van der Waals surface area contributed by atoms with Gasteiger partial charge in [-0.3, -0.25) is 14.5 Å². The minimum absolute atomic E-state index is 0.0276. The smallest absolute Gasteiger partial charge is 0.237 e. The highest BCUT2D eigenvalue weighted by molar-refractivity contribution is 5.89. The van der Waals surface area contributed by atoms with E-state index >= 15 is 0 Å². The Bertz CT molecular complexity index is 952. The van der Waals surface area contributed by atoms with Crippen molar-refractivity contribution in [2.45, 2.75) is 58.2 Å². The van der Waals surface area contributed by atoms with Gasteiger partial charge in [-0.2, -0.15) is 0 Å². The molecule has 6 nitrogen and oxygen atoms in total. The minimum Gasteiger partial charge on any atom is -0.356 e. The van der Waals surface area contributed by atoms with Crippen LogP contribution < -0.4 is 10.6 Å². The van der Waals surface area contributed by atoms with Crippen LogP contribution in [-0.4, -0.2) is 66.4 Å². The van der Waals surface area contributed by atoms with Crippen LogP contribution >= 0.6 is 0 Å². The third kappa shape index (κ3) is 6.33. The zero-order valence-electron chi connectivity index (χ0n) is 20.1. The summed E-state index contributed by atoms with van der Waals surface area (Å²) in [4.78, 5) is 30.0. The molecule has 4 rings (SSSR count). The molecular weight excluding hydrogens is 412 g/mol. The van der Waals surface area contributed by atoms with Crippen molar-refractivity contribution >= 4 is 22.6 Å². The van der Waals surface area contributed by atoms with E-state index in [1.165, 1.54) is 29.2 Å². The zero-order valence-corrected chi connectivity index (χ0v) is 20.1. The van der Waals surface area contributed by atoms with Crippen LogP contribution in [0.4, 0.5) is 0 Å². The van der Waals surface area contributed by atoms with E-state index in [0.717, 1.165) is 26.1 Å². The quantitative estimate of drug-likeness (QED) is 0.649. The van der Waals surface area contributed by atoms with Crippen LogP contribution in [0.5, 0.6) is 0 Å². The second kappa shape index (κ2) is 11.1. The lowest BCUT2D eigenvalue weighted by atomic mass is 9.93. The fourth-order valence-electron chi connectivity index (χ4n) is 5.17. The van der Waals surface area contributed by atoms with Crippen LogP contribution in [0.2, 0.25) is 0 Å². The van der Waals surface area contributed by atoms with Crippen molar-refractivity contribution < 1.29 is 9.59 Å². The Kier molecular flexibility index (Phi) is 7.99. The van der Waals surface area contributed by atoms with Gasteiger partial charge in [0, 0.05) is 32.2 Å². The molecule has 0 radical (unpaired) electrons. The molecule has 2 amide bonds. The van der Waals surface area contributed by atoms with E-state index in [1.807, 2.05) is 12.1 Å². The van der Waals surface area contributed by atoms with Crippen LogP contribution in [0.25, 0.3) is 10.8 Å². The molecule has 2 aliphatic rings. The van der Waals surface area contributed by atoms with Gasteiger partial charge < -0.3 is 15.5 Å². The Morgan fingerprint density at radius 1 is 1.09 bits per heavy atom. The monoisotopic (exact) mass is 450 g/mol. The molecule has 0 aliphatic carbocycles. The molecule has 2 aliphatic heterocycles. The molecular formula is C27H38N4O2. The molecule has 1 atom stereocenters. The van der Waals surface area contributed by atoms with Gasteiger partial charge in [-0.1, -0.05) is 36.4 Å². The van der Waals surface area contributed by atoms with Crippen LogP contribution in [0.15, 0.2) is 42.5 Å². The number of benzene rings is 2. The van der Waals surface area contributed by atoms with Crippen molar-refractivity contribution in [1.29, 1.82) is 0 Å². The first kappa shape index (κ1) is 23.7. The van der Waals surface area contributed by atoms with Gasteiger partial charge in [0.05, 0.1) is 12.5 Å². The summed E-state index contributed by atoms with van der Waals surface area (Å²) in [6.45, 7) is 9.57. The summed E-state index contributed by atoms with van der Waals surface area (Å²) in [7, 11) is 0. The van der Waals surface area contributed by atoms with E-state index in [9.17, 15) is 9.59 Å². The van der Waals surface area contributed by atoms with Crippen molar-refractivity contribution in [2.75, 3.05) is 32.7 Å². The summed E-state index contributed by atoms with van der Waals surface area (Å²) in [5, 5.41) is 8.43. The van der Waals surface area contributed by atoms with Crippen LogP contribution in [0, 0.1) is 5.92 Å². The number of piperidine rings is 1. The first-order valence-corrected chi connectivity index (χ1v) is 12.5. The lowest BCUT2D eigenvalue weighted by molar-refractivity contribution is -0.134. The molecule has 6 heteroatoms. The SMILES string of the molecule is CC(C)N1CCC(CCNC(=O)C[C@@H]2C(=O)NCCN2Cc2ccc3ccccc3c2)CC1. The Hall–Kier alpha value is -2.44. The number of carbonyl (C=O) groups excluding carboxylic acids is 2. The molecule has 2 N–H and O–H groups in total. The highest BCUT2D eigenvalue weighted by Crippen LogP contribution is 2.22. The molecule has 2 aromatic rings. The topological polar surface area (TPSA) is 64.7 Å². The van der Waals surface area contributed by atoms with Gasteiger partial charge >= 0.3 is 0 Å². The number of amides is 2. The molecule has 178 valence electrons. The maximum atomic E-state index is 12.7. The predicted octanol–water partition coefficient (Wildman–Crippen LogP) is 3.16. The van der Waals surface area contributed by atoms with Gasteiger partial charge in [-0.15, -0.1) is 0 Å². The first-order valence-electron chi connectivity index (χ1n) is 12.5. The van der Waals surface area contributed by atoms with Crippen molar-refractivity contribution in [3.05, 3.63) is 48.0 Å². The van der Waals surface area contributed by atoms with E-state index in [-0.39, 0.29) is 18.2 Å². The molecule has 2 aromatic carbocycles. The normalized spacial score (nSPS) is 20.8. The molecule has 0 bridgehead atoms. The molecule has 0 aromatic heterocycles. The van der Waals surface area contributed by atoms with E-state index in [2.05, 4.69) is 64.6 Å². The number of nitrogens with zero attached hydrogens (tertiary/aromatic N) is 2. The Morgan fingerprint density at radius 3 is 2.61 bits per heavy atom. The Balaban J connectivity index is 1.27. The maximum absolute atomic E-state index is 12.7. The number of nitrogens with one attached hydrogen (secondary N) is 2. The lowest BCUT2D eigenvalue weighted by Crippen LogP contribution is -2.56. The largest absolute Gasteiger partial charge is 0.356 e. The van der Waals surface area contributed by atoms with Crippen molar-refractivity contribution in [3.8, 4) is 0 Å².